The van der Waals surface area contributed by atoms with Gasteiger partial charge in [-0.05, 0) is 39.2 Å². The molecule has 1 aromatic rings. The van der Waals surface area contributed by atoms with E-state index in [0.717, 1.165) is 11.8 Å². The van der Waals surface area contributed by atoms with E-state index in [4.69, 9.17) is 4.74 Å². The number of benzene rings is 1. The van der Waals surface area contributed by atoms with Crippen molar-refractivity contribution >= 4 is 0 Å². The molecular weight excluding hydrogens is 248 g/mol. The van der Waals surface area contributed by atoms with E-state index in [0.29, 0.717) is 12.1 Å². The summed E-state index contributed by atoms with van der Waals surface area (Å²) in [4.78, 5) is 2.66. The predicted molar refractivity (Wildman–Crippen MR) is 80.0 cm³/mol. The van der Waals surface area contributed by atoms with Crippen molar-refractivity contribution in [1.82, 2.24) is 10.2 Å². The van der Waals surface area contributed by atoms with E-state index in [2.05, 4.69) is 48.3 Å². The fourth-order valence-electron chi connectivity index (χ4n) is 3.75. The van der Waals surface area contributed by atoms with Gasteiger partial charge in [0.15, 0.2) is 0 Å². The van der Waals surface area contributed by atoms with Gasteiger partial charge in [-0.15, -0.1) is 0 Å². The second-order valence-corrected chi connectivity index (χ2v) is 7.05. The third-order valence-corrected chi connectivity index (χ3v) is 4.98. The molecule has 4 rings (SSSR count). The molecule has 1 aliphatic carbocycles. The first-order valence-electron chi connectivity index (χ1n) is 7.91. The monoisotopic (exact) mass is 272 g/mol. The number of nitrogens with one attached hydrogen (secondary N) is 1. The van der Waals surface area contributed by atoms with Crippen LogP contribution in [0.3, 0.4) is 0 Å². The summed E-state index contributed by atoms with van der Waals surface area (Å²) in [7, 11) is 0. The van der Waals surface area contributed by atoms with Crippen LogP contribution in [0, 0.1) is 0 Å². The second-order valence-electron chi connectivity index (χ2n) is 7.05. The Morgan fingerprint density at radius 2 is 2.00 bits per heavy atom. The summed E-state index contributed by atoms with van der Waals surface area (Å²) in [6.45, 7) is 6.86. The molecule has 3 nitrogen and oxygen atoms in total. The van der Waals surface area contributed by atoms with Gasteiger partial charge in [0.1, 0.15) is 11.4 Å². The molecule has 2 fully saturated rings. The van der Waals surface area contributed by atoms with Crippen molar-refractivity contribution in [3.63, 3.8) is 0 Å². The molecular formula is C17H24N2O. The first kappa shape index (κ1) is 12.7. The van der Waals surface area contributed by atoms with Crippen LogP contribution in [0.25, 0.3) is 0 Å². The van der Waals surface area contributed by atoms with E-state index in [1.807, 2.05) is 0 Å². The maximum absolute atomic E-state index is 6.13. The second kappa shape index (κ2) is 4.47. The van der Waals surface area contributed by atoms with Gasteiger partial charge < -0.3 is 10.1 Å². The fraction of sp³-hybridized carbons (Fsp3) is 0.647. The van der Waals surface area contributed by atoms with Gasteiger partial charge >= 0.3 is 0 Å². The van der Waals surface area contributed by atoms with Crippen molar-refractivity contribution in [3.8, 4) is 5.75 Å². The highest BCUT2D eigenvalue weighted by Crippen LogP contribution is 2.43. The van der Waals surface area contributed by atoms with Gasteiger partial charge in [0, 0.05) is 30.7 Å². The normalized spacial score (nSPS) is 32.1. The molecule has 2 heterocycles. The fourth-order valence-corrected chi connectivity index (χ4v) is 3.75. The molecule has 108 valence electrons. The zero-order valence-electron chi connectivity index (χ0n) is 12.4. The van der Waals surface area contributed by atoms with Crippen molar-refractivity contribution in [3.05, 3.63) is 29.8 Å². The van der Waals surface area contributed by atoms with E-state index in [9.17, 15) is 0 Å². The molecule has 0 aromatic heterocycles. The quantitative estimate of drug-likeness (QED) is 0.915. The number of rotatable bonds is 3. The molecule has 3 aliphatic rings. The molecule has 1 saturated carbocycles. The summed E-state index contributed by atoms with van der Waals surface area (Å²) in [6.07, 6.45) is 4.09. The zero-order valence-corrected chi connectivity index (χ0v) is 12.4. The van der Waals surface area contributed by atoms with Gasteiger partial charge in [0.05, 0.1) is 6.04 Å². The summed E-state index contributed by atoms with van der Waals surface area (Å²) in [5.41, 5.74) is 1.17. The smallest absolute Gasteiger partial charge is 0.125 e. The zero-order chi connectivity index (χ0) is 13.7. The Labute approximate surface area is 121 Å². The first-order chi connectivity index (χ1) is 9.63. The molecule has 1 N–H and O–H groups in total. The summed E-state index contributed by atoms with van der Waals surface area (Å²) < 4.78 is 6.13. The van der Waals surface area contributed by atoms with E-state index < -0.39 is 0 Å². The number of ether oxygens (including phenoxy) is 1. The topological polar surface area (TPSA) is 24.5 Å². The molecule has 2 atom stereocenters. The molecule has 0 bridgehead atoms. The van der Waals surface area contributed by atoms with Gasteiger partial charge in [-0.1, -0.05) is 18.2 Å². The van der Waals surface area contributed by atoms with Crippen molar-refractivity contribution in [1.29, 1.82) is 0 Å². The lowest BCUT2D eigenvalue weighted by Gasteiger charge is -2.30. The highest BCUT2D eigenvalue weighted by molar-refractivity contribution is 5.42. The minimum Gasteiger partial charge on any atom is -0.486 e. The van der Waals surface area contributed by atoms with Crippen LogP contribution in [-0.2, 0) is 0 Å². The number of para-hydroxylation sites is 1. The maximum atomic E-state index is 6.13. The lowest BCUT2D eigenvalue weighted by atomic mass is 9.93. The number of nitrogens with zero attached hydrogens (tertiary/aromatic N) is 1. The van der Waals surface area contributed by atoms with E-state index in [1.165, 1.54) is 37.9 Å². The molecule has 20 heavy (non-hydrogen) atoms. The number of likely N-dealkylation sites (tertiary alicyclic amines) is 1. The van der Waals surface area contributed by atoms with Crippen LogP contribution in [0.15, 0.2) is 24.3 Å². The van der Waals surface area contributed by atoms with Crippen molar-refractivity contribution in [2.45, 2.75) is 56.8 Å². The summed E-state index contributed by atoms with van der Waals surface area (Å²) >= 11 is 0. The van der Waals surface area contributed by atoms with Crippen LogP contribution >= 0.6 is 0 Å². The van der Waals surface area contributed by atoms with Crippen LogP contribution < -0.4 is 10.1 Å². The maximum Gasteiger partial charge on any atom is 0.125 e. The summed E-state index contributed by atoms with van der Waals surface area (Å²) in [6, 6.07) is 10.3. The first-order valence-corrected chi connectivity index (χ1v) is 7.91. The van der Waals surface area contributed by atoms with E-state index in [-0.39, 0.29) is 5.60 Å². The predicted octanol–water partition coefficient (Wildman–Crippen LogP) is 2.73. The Kier molecular flexibility index (Phi) is 2.83. The third kappa shape index (κ3) is 2.13. The number of hydrogen-bond acceptors (Lipinski definition) is 3. The van der Waals surface area contributed by atoms with Crippen molar-refractivity contribution in [2.75, 3.05) is 13.1 Å². The van der Waals surface area contributed by atoms with Crippen LogP contribution in [0.5, 0.6) is 5.75 Å². The Hall–Kier alpha value is -1.06. The van der Waals surface area contributed by atoms with Gasteiger partial charge in [0.25, 0.3) is 0 Å². The molecule has 0 radical (unpaired) electrons. The molecule has 0 spiro atoms. The average Bonchev–Trinajstić information content (AvgIpc) is 3.10. The van der Waals surface area contributed by atoms with E-state index in [1.54, 1.807) is 0 Å². The van der Waals surface area contributed by atoms with Crippen LogP contribution in [0.4, 0.5) is 0 Å². The molecule has 3 heteroatoms. The lowest BCUT2D eigenvalue weighted by molar-refractivity contribution is 0.0911. The van der Waals surface area contributed by atoms with Gasteiger partial charge in [-0.25, -0.2) is 0 Å². The third-order valence-electron chi connectivity index (χ3n) is 4.98. The lowest BCUT2D eigenvalue weighted by Crippen LogP contribution is -2.44. The summed E-state index contributed by atoms with van der Waals surface area (Å²) in [5, 5.41) is 3.87. The molecule has 2 unspecified atom stereocenters. The van der Waals surface area contributed by atoms with E-state index >= 15 is 0 Å². The average molecular weight is 272 g/mol. The van der Waals surface area contributed by atoms with Crippen LogP contribution in [-0.4, -0.2) is 35.7 Å². The molecule has 1 saturated heterocycles. The van der Waals surface area contributed by atoms with Crippen molar-refractivity contribution < 1.29 is 4.74 Å². The Bertz CT molecular complexity index is 509. The standard InChI is InChI=1S/C17H24N2O/c1-17(2)16(14-5-3-4-6-15(14)20-17)18-12-9-10-19(11-12)13-7-8-13/h3-6,12-13,16,18H,7-11H2,1-2H3. The summed E-state index contributed by atoms with van der Waals surface area (Å²) in [5.74, 6) is 1.05. The highest BCUT2D eigenvalue weighted by Gasteiger charge is 2.43. The minimum atomic E-state index is -0.156. The Morgan fingerprint density at radius 3 is 2.80 bits per heavy atom. The number of fused-ring (bicyclic) bond motifs is 1. The molecule has 2 aliphatic heterocycles. The minimum absolute atomic E-state index is 0.156. The van der Waals surface area contributed by atoms with Crippen LogP contribution in [0.2, 0.25) is 0 Å². The van der Waals surface area contributed by atoms with Crippen molar-refractivity contribution in [2.24, 2.45) is 0 Å². The Balaban J connectivity index is 1.50. The highest BCUT2D eigenvalue weighted by atomic mass is 16.5. The van der Waals surface area contributed by atoms with Gasteiger partial charge in [-0.2, -0.15) is 0 Å². The SMILES string of the molecule is CC1(C)Oc2ccccc2C1NC1CCN(C2CC2)C1. The molecule has 1 aromatic carbocycles. The molecule has 0 amide bonds. The van der Waals surface area contributed by atoms with Gasteiger partial charge in [-0.3, -0.25) is 4.90 Å². The van der Waals surface area contributed by atoms with Crippen LogP contribution in [0.1, 0.15) is 44.7 Å². The Morgan fingerprint density at radius 1 is 1.20 bits per heavy atom. The number of hydrogen-bond donors (Lipinski definition) is 1. The van der Waals surface area contributed by atoms with Gasteiger partial charge in [0.2, 0.25) is 0 Å². The largest absolute Gasteiger partial charge is 0.486 e.